The topological polar surface area (TPSA) is 101 Å². The number of aliphatic hydroxyl groups is 3. The summed E-state index contributed by atoms with van der Waals surface area (Å²) in [6, 6.07) is 10.8. The van der Waals surface area contributed by atoms with E-state index in [1.54, 1.807) is 0 Å². The normalized spacial score (nSPS) is 12.5. The van der Waals surface area contributed by atoms with Gasteiger partial charge in [-0.05, 0) is 36.0 Å². The summed E-state index contributed by atoms with van der Waals surface area (Å²) in [5.74, 6) is -0.576. The molecule has 25 heavy (non-hydrogen) atoms. The van der Waals surface area contributed by atoms with Gasteiger partial charge in [-0.1, -0.05) is 37.3 Å². The summed E-state index contributed by atoms with van der Waals surface area (Å²) in [6.45, 7) is 1.33. The predicted molar refractivity (Wildman–Crippen MR) is 96.6 cm³/mol. The third-order valence-corrected chi connectivity index (χ3v) is 4.62. The SMILES string of the molecule is CCc1c(O)cc(O)c(-c2ccccc2)c1CCC(O)C(CO)CO. The highest BCUT2D eigenvalue weighted by Gasteiger charge is 2.22. The fraction of sp³-hybridized carbons (Fsp3) is 0.400. The second kappa shape index (κ2) is 8.85. The van der Waals surface area contributed by atoms with Crippen molar-refractivity contribution in [1.29, 1.82) is 0 Å². The molecule has 0 radical (unpaired) electrons. The Morgan fingerprint density at radius 3 is 2.12 bits per heavy atom. The first-order valence-electron chi connectivity index (χ1n) is 8.55. The molecule has 5 N–H and O–H groups in total. The standard InChI is InChI=1S/C20H26O5/c1-2-15-16(8-9-17(23)14(11-21)12-22)20(19(25)10-18(15)24)13-6-4-3-5-7-13/h3-7,10,14,17,21-25H,2,8-9,11-12H2,1H3. The fourth-order valence-electron chi connectivity index (χ4n) is 3.18. The van der Waals surface area contributed by atoms with E-state index in [0.717, 1.165) is 16.7 Å². The maximum Gasteiger partial charge on any atom is 0.127 e. The summed E-state index contributed by atoms with van der Waals surface area (Å²) < 4.78 is 0. The zero-order valence-electron chi connectivity index (χ0n) is 14.4. The van der Waals surface area contributed by atoms with Crippen LogP contribution in [0.25, 0.3) is 11.1 Å². The molecule has 0 bridgehead atoms. The Morgan fingerprint density at radius 2 is 1.56 bits per heavy atom. The molecule has 0 aliphatic heterocycles. The molecular weight excluding hydrogens is 320 g/mol. The number of hydrogen-bond donors (Lipinski definition) is 5. The van der Waals surface area contributed by atoms with Crippen molar-refractivity contribution in [3.05, 3.63) is 47.5 Å². The first-order chi connectivity index (χ1) is 12.0. The van der Waals surface area contributed by atoms with Gasteiger partial charge < -0.3 is 25.5 Å². The molecule has 0 aliphatic rings. The van der Waals surface area contributed by atoms with Crippen molar-refractivity contribution in [3.63, 3.8) is 0 Å². The lowest BCUT2D eigenvalue weighted by atomic mass is 9.88. The van der Waals surface area contributed by atoms with Crippen LogP contribution >= 0.6 is 0 Å². The van der Waals surface area contributed by atoms with Crippen molar-refractivity contribution >= 4 is 0 Å². The van der Waals surface area contributed by atoms with E-state index in [1.165, 1.54) is 6.07 Å². The Balaban J connectivity index is 2.44. The molecule has 0 saturated carbocycles. The average Bonchev–Trinajstić information content (AvgIpc) is 2.61. The molecule has 136 valence electrons. The summed E-state index contributed by atoms with van der Waals surface area (Å²) in [7, 11) is 0. The van der Waals surface area contributed by atoms with Crippen molar-refractivity contribution in [2.45, 2.75) is 32.3 Å². The van der Waals surface area contributed by atoms with Gasteiger partial charge in [-0.15, -0.1) is 0 Å². The molecule has 5 nitrogen and oxygen atoms in total. The minimum atomic E-state index is -0.868. The summed E-state index contributed by atoms with van der Waals surface area (Å²) in [6.07, 6.45) is 0.433. The van der Waals surface area contributed by atoms with E-state index < -0.39 is 12.0 Å². The molecule has 1 unspecified atom stereocenters. The van der Waals surface area contributed by atoms with Gasteiger partial charge in [0, 0.05) is 17.5 Å². The van der Waals surface area contributed by atoms with Crippen LogP contribution in [0.5, 0.6) is 11.5 Å². The smallest absolute Gasteiger partial charge is 0.127 e. The largest absolute Gasteiger partial charge is 0.508 e. The van der Waals surface area contributed by atoms with Gasteiger partial charge in [0.05, 0.1) is 19.3 Å². The first kappa shape index (κ1) is 19.2. The molecule has 0 spiro atoms. The monoisotopic (exact) mass is 346 g/mol. The van der Waals surface area contributed by atoms with E-state index in [9.17, 15) is 25.5 Å². The number of hydrogen-bond acceptors (Lipinski definition) is 5. The second-order valence-corrected chi connectivity index (χ2v) is 6.20. The molecule has 0 aromatic heterocycles. The number of aliphatic hydroxyl groups excluding tert-OH is 3. The highest BCUT2D eigenvalue weighted by Crippen LogP contribution is 2.40. The fourth-order valence-corrected chi connectivity index (χ4v) is 3.18. The average molecular weight is 346 g/mol. The lowest BCUT2D eigenvalue weighted by molar-refractivity contribution is 0.0274. The molecule has 0 fully saturated rings. The summed E-state index contributed by atoms with van der Waals surface area (Å²) >= 11 is 0. The Morgan fingerprint density at radius 1 is 0.920 bits per heavy atom. The van der Waals surface area contributed by atoms with Gasteiger partial charge in [-0.2, -0.15) is 0 Å². The van der Waals surface area contributed by atoms with E-state index in [4.69, 9.17) is 0 Å². The number of phenolic OH excluding ortho intramolecular Hbond substituents is 2. The van der Waals surface area contributed by atoms with Crippen LogP contribution in [0.3, 0.4) is 0 Å². The van der Waals surface area contributed by atoms with Crippen LogP contribution in [-0.2, 0) is 12.8 Å². The van der Waals surface area contributed by atoms with Gasteiger partial charge in [0.2, 0.25) is 0 Å². The summed E-state index contributed by atoms with van der Waals surface area (Å²) in [5.41, 5.74) is 2.99. The van der Waals surface area contributed by atoms with Gasteiger partial charge in [0.1, 0.15) is 11.5 Å². The zero-order chi connectivity index (χ0) is 18.4. The van der Waals surface area contributed by atoms with Crippen molar-refractivity contribution in [2.75, 3.05) is 13.2 Å². The Bertz CT molecular complexity index is 680. The number of aromatic hydroxyl groups is 2. The van der Waals surface area contributed by atoms with Crippen LogP contribution in [0.1, 0.15) is 24.5 Å². The maximum absolute atomic E-state index is 10.4. The van der Waals surface area contributed by atoms with Crippen molar-refractivity contribution in [2.24, 2.45) is 5.92 Å². The van der Waals surface area contributed by atoms with Crippen molar-refractivity contribution in [1.82, 2.24) is 0 Å². The molecule has 2 aromatic rings. The number of phenols is 2. The summed E-state index contributed by atoms with van der Waals surface area (Å²) in [4.78, 5) is 0. The van der Waals surface area contributed by atoms with Crippen LogP contribution in [0, 0.1) is 5.92 Å². The van der Waals surface area contributed by atoms with E-state index in [-0.39, 0.29) is 24.7 Å². The van der Waals surface area contributed by atoms with Crippen LogP contribution in [0.4, 0.5) is 0 Å². The minimum absolute atomic E-state index is 0.00810. The van der Waals surface area contributed by atoms with Crippen LogP contribution in [0.2, 0.25) is 0 Å². The molecule has 0 heterocycles. The van der Waals surface area contributed by atoms with Crippen molar-refractivity contribution < 1.29 is 25.5 Å². The summed E-state index contributed by atoms with van der Waals surface area (Å²) in [5, 5.41) is 49.2. The quantitative estimate of drug-likeness (QED) is 0.504. The Hall–Kier alpha value is -2.08. The molecule has 2 rings (SSSR count). The highest BCUT2D eigenvalue weighted by molar-refractivity contribution is 5.76. The Labute approximate surface area is 147 Å². The van der Waals surface area contributed by atoms with Crippen LogP contribution < -0.4 is 0 Å². The van der Waals surface area contributed by atoms with Gasteiger partial charge in [0.15, 0.2) is 0 Å². The van der Waals surface area contributed by atoms with Gasteiger partial charge in [0.25, 0.3) is 0 Å². The van der Waals surface area contributed by atoms with E-state index in [2.05, 4.69) is 0 Å². The molecular formula is C20H26O5. The molecule has 2 aromatic carbocycles. The minimum Gasteiger partial charge on any atom is -0.508 e. The molecule has 0 aliphatic carbocycles. The van der Waals surface area contributed by atoms with Gasteiger partial charge in [-0.25, -0.2) is 0 Å². The van der Waals surface area contributed by atoms with Crippen LogP contribution in [0.15, 0.2) is 36.4 Å². The molecule has 1 atom stereocenters. The Kier molecular flexibility index (Phi) is 6.82. The lowest BCUT2D eigenvalue weighted by Gasteiger charge is -2.22. The van der Waals surface area contributed by atoms with Gasteiger partial charge in [-0.3, -0.25) is 0 Å². The van der Waals surface area contributed by atoms with E-state index in [0.29, 0.717) is 24.8 Å². The number of benzene rings is 2. The molecule has 0 amide bonds. The third-order valence-electron chi connectivity index (χ3n) is 4.62. The van der Waals surface area contributed by atoms with E-state index in [1.807, 2.05) is 37.3 Å². The third kappa shape index (κ3) is 4.31. The lowest BCUT2D eigenvalue weighted by Crippen LogP contribution is -2.27. The second-order valence-electron chi connectivity index (χ2n) is 6.20. The maximum atomic E-state index is 10.4. The molecule has 5 heteroatoms. The van der Waals surface area contributed by atoms with E-state index >= 15 is 0 Å². The zero-order valence-corrected chi connectivity index (χ0v) is 14.4. The highest BCUT2D eigenvalue weighted by atomic mass is 16.3. The molecule has 0 saturated heterocycles. The van der Waals surface area contributed by atoms with Crippen LogP contribution in [-0.4, -0.2) is 44.9 Å². The predicted octanol–water partition coefficient (Wildman–Crippen LogP) is 2.22. The van der Waals surface area contributed by atoms with Gasteiger partial charge >= 0.3 is 0 Å². The first-order valence-corrected chi connectivity index (χ1v) is 8.55. The number of rotatable bonds is 8. The van der Waals surface area contributed by atoms with Crippen molar-refractivity contribution in [3.8, 4) is 22.6 Å².